The lowest BCUT2D eigenvalue weighted by Gasteiger charge is -2.25. The minimum atomic E-state index is -1.01. The molecule has 0 saturated carbocycles. The average molecular weight is 471 g/mol. The number of benzene rings is 2. The van der Waals surface area contributed by atoms with Gasteiger partial charge < -0.3 is 29.4 Å². The second kappa shape index (κ2) is 11.1. The molecule has 0 radical (unpaired) electrons. The number of rotatable bonds is 4. The Labute approximate surface area is 198 Å². The second-order valence-electron chi connectivity index (χ2n) is 8.35. The molecule has 0 atom stereocenters. The third-order valence-electron chi connectivity index (χ3n) is 5.77. The molecule has 0 saturated heterocycles. The van der Waals surface area contributed by atoms with Gasteiger partial charge in [-0.2, -0.15) is 0 Å². The molecule has 2 N–H and O–H groups in total. The summed E-state index contributed by atoms with van der Waals surface area (Å²) in [5.74, 6) is 1.25. The van der Waals surface area contributed by atoms with Gasteiger partial charge in [0.25, 0.3) is 0 Å². The van der Waals surface area contributed by atoms with E-state index in [0.29, 0.717) is 62.5 Å². The van der Waals surface area contributed by atoms with Crippen LogP contribution in [0.15, 0.2) is 30.3 Å². The topological polar surface area (TPSA) is 107 Å². The summed E-state index contributed by atoms with van der Waals surface area (Å²) < 4.78 is 22.9. The molecule has 9 heteroatoms. The molecule has 2 aliphatic heterocycles. The standard InChI is InChI=1S/C25H30N2O7/c1-31-21-11-17(12-22-24(21)34-10-9-33-22)14-27-15-19-6-5-18(25(29)30)13-20(19)32-8-4-2-3-7-26-23(28)16-27/h5-6,11-13H,2-4,7-10,14-16H2,1H3,(H,26,28)(H,29,30). The number of nitrogens with one attached hydrogen (secondary N) is 1. The zero-order valence-electron chi connectivity index (χ0n) is 19.3. The SMILES string of the molecule is COc1cc(CN2CC(=O)NCCCCCOc3cc(C(=O)O)ccc3C2)cc2c1OCCO2. The van der Waals surface area contributed by atoms with Gasteiger partial charge in [-0.15, -0.1) is 0 Å². The summed E-state index contributed by atoms with van der Waals surface area (Å²) in [5.41, 5.74) is 1.90. The van der Waals surface area contributed by atoms with Crippen LogP contribution in [0.1, 0.15) is 40.7 Å². The number of ether oxygens (including phenoxy) is 4. The van der Waals surface area contributed by atoms with Gasteiger partial charge in [0.2, 0.25) is 11.7 Å². The Morgan fingerprint density at radius 3 is 2.68 bits per heavy atom. The smallest absolute Gasteiger partial charge is 0.335 e. The highest BCUT2D eigenvalue weighted by Crippen LogP contribution is 2.40. The summed E-state index contributed by atoms with van der Waals surface area (Å²) in [6, 6.07) is 8.67. The number of hydrogen-bond donors (Lipinski definition) is 2. The first-order valence-electron chi connectivity index (χ1n) is 11.5. The van der Waals surface area contributed by atoms with Crippen molar-refractivity contribution in [2.45, 2.75) is 32.4 Å². The maximum Gasteiger partial charge on any atom is 0.335 e. The van der Waals surface area contributed by atoms with Gasteiger partial charge in [-0.3, -0.25) is 9.69 Å². The fourth-order valence-corrected chi connectivity index (χ4v) is 4.11. The molecule has 4 rings (SSSR count). The summed E-state index contributed by atoms with van der Waals surface area (Å²) in [5, 5.41) is 12.4. The average Bonchev–Trinajstić information content (AvgIpc) is 2.84. The quantitative estimate of drug-likeness (QED) is 0.703. The first kappa shape index (κ1) is 23.7. The van der Waals surface area contributed by atoms with Crippen LogP contribution in [-0.2, 0) is 17.9 Å². The Kier molecular flexibility index (Phi) is 7.74. The van der Waals surface area contributed by atoms with Crippen LogP contribution < -0.4 is 24.3 Å². The number of nitrogens with zero attached hydrogens (tertiary/aromatic N) is 1. The highest BCUT2D eigenvalue weighted by molar-refractivity contribution is 5.88. The number of carboxylic acid groups (broad SMARTS) is 1. The van der Waals surface area contributed by atoms with Gasteiger partial charge in [0, 0.05) is 25.2 Å². The number of carboxylic acids is 1. The van der Waals surface area contributed by atoms with Crippen LogP contribution in [0, 0.1) is 0 Å². The van der Waals surface area contributed by atoms with E-state index in [2.05, 4.69) is 5.32 Å². The highest BCUT2D eigenvalue weighted by Gasteiger charge is 2.21. The van der Waals surface area contributed by atoms with E-state index in [1.807, 2.05) is 17.0 Å². The van der Waals surface area contributed by atoms with Crippen LogP contribution in [0.4, 0.5) is 0 Å². The number of aromatic carboxylic acids is 1. The van der Waals surface area contributed by atoms with Gasteiger partial charge in [0.1, 0.15) is 19.0 Å². The van der Waals surface area contributed by atoms with Crippen molar-refractivity contribution in [3.63, 3.8) is 0 Å². The van der Waals surface area contributed by atoms with Gasteiger partial charge in [-0.05, 0) is 49.1 Å². The lowest BCUT2D eigenvalue weighted by Crippen LogP contribution is -2.37. The molecular formula is C25H30N2O7. The summed E-state index contributed by atoms with van der Waals surface area (Å²) in [6.45, 7) is 3.05. The Hall–Kier alpha value is -3.46. The summed E-state index contributed by atoms with van der Waals surface area (Å²) in [7, 11) is 1.58. The molecular weight excluding hydrogens is 440 g/mol. The van der Waals surface area contributed by atoms with Crippen molar-refractivity contribution in [2.75, 3.05) is 40.0 Å². The monoisotopic (exact) mass is 470 g/mol. The minimum absolute atomic E-state index is 0.0617. The molecule has 34 heavy (non-hydrogen) atoms. The molecule has 2 aromatic rings. The number of carbonyl (C=O) groups excluding carboxylic acids is 1. The molecule has 2 heterocycles. The van der Waals surface area contributed by atoms with Crippen LogP contribution in [0.5, 0.6) is 23.0 Å². The molecule has 2 aliphatic rings. The first-order chi connectivity index (χ1) is 16.5. The molecule has 2 aromatic carbocycles. The summed E-state index contributed by atoms with van der Waals surface area (Å²) in [4.78, 5) is 26.1. The number of hydrogen-bond acceptors (Lipinski definition) is 7. The van der Waals surface area contributed by atoms with Crippen molar-refractivity contribution in [1.82, 2.24) is 10.2 Å². The maximum absolute atomic E-state index is 12.7. The molecule has 9 nitrogen and oxygen atoms in total. The molecule has 182 valence electrons. The number of carbonyl (C=O) groups is 2. The maximum atomic E-state index is 12.7. The Morgan fingerprint density at radius 2 is 1.85 bits per heavy atom. The lowest BCUT2D eigenvalue weighted by molar-refractivity contribution is -0.122. The fourth-order valence-electron chi connectivity index (χ4n) is 4.11. The van der Waals surface area contributed by atoms with Gasteiger partial charge in [0.05, 0.1) is 25.8 Å². The van der Waals surface area contributed by atoms with E-state index in [1.165, 1.54) is 0 Å². The number of amides is 1. The van der Waals surface area contributed by atoms with Crippen molar-refractivity contribution in [3.8, 4) is 23.0 Å². The zero-order valence-corrected chi connectivity index (χ0v) is 19.3. The van der Waals surface area contributed by atoms with Crippen LogP contribution in [0.3, 0.4) is 0 Å². The van der Waals surface area contributed by atoms with Crippen LogP contribution in [0.25, 0.3) is 0 Å². The molecule has 0 bridgehead atoms. The van der Waals surface area contributed by atoms with Crippen LogP contribution >= 0.6 is 0 Å². The van der Waals surface area contributed by atoms with Crippen molar-refractivity contribution >= 4 is 11.9 Å². The number of methoxy groups -OCH3 is 1. The van der Waals surface area contributed by atoms with E-state index in [4.69, 9.17) is 18.9 Å². The predicted molar refractivity (Wildman–Crippen MR) is 124 cm³/mol. The van der Waals surface area contributed by atoms with Gasteiger partial charge in [-0.1, -0.05) is 6.07 Å². The molecule has 0 aliphatic carbocycles. The van der Waals surface area contributed by atoms with Gasteiger partial charge in [-0.25, -0.2) is 4.79 Å². The molecule has 0 unspecified atom stereocenters. The molecule has 0 spiro atoms. The van der Waals surface area contributed by atoms with Crippen LogP contribution in [0.2, 0.25) is 0 Å². The highest BCUT2D eigenvalue weighted by atomic mass is 16.6. The largest absolute Gasteiger partial charge is 0.493 e. The first-order valence-corrected chi connectivity index (χ1v) is 11.5. The lowest BCUT2D eigenvalue weighted by atomic mass is 10.1. The van der Waals surface area contributed by atoms with Crippen molar-refractivity contribution < 1.29 is 33.6 Å². The Bertz CT molecular complexity index is 1020. The minimum Gasteiger partial charge on any atom is -0.493 e. The Balaban J connectivity index is 1.63. The second-order valence-corrected chi connectivity index (χ2v) is 8.35. The normalized spacial score (nSPS) is 17.1. The predicted octanol–water partition coefficient (Wildman–Crippen LogP) is 2.85. The van der Waals surface area contributed by atoms with E-state index < -0.39 is 5.97 Å². The van der Waals surface area contributed by atoms with E-state index in [1.54, 1.807) is 25.3 Å². The van der Waals surface area contributed by atoms with Gasteiger partial charge in [0.15, 0.2) is 11.5 Å². The summed E-state index contributed by atoms with van der Waals surface area (Å²) >= 11 is 0. The summed E-state index contributed by atoms with van der Waals surface area (Å²) in [6.07, 6.45) is 2.60. The van der Waals surface area contributed by atoms with Crippen LogP contribution in [-0.4, -0.2) is 61.9 Å². The van der Waals surface area contributed by atoms with E-state index >= 15 is 0 Å². The van der Waals surface area contributed by atoms with Gasteiger partial charge >= 0.3 is 5.97 Å². The Morgan fingerprint density at radius 1 is 1.03 bits per heavy atom. The van der Waals surface area contributed by atoms with Crippen molar-refractivity contribution in [3.05, 3.63) is 47.0 Å². The van der Waals surface area contributed by atoms with E-state index in [0.717, 1.165) is 30.4 Å². The van der Waals surface area contributed by atoms with E-state index in [-0.39, 0.29) is 18.0 Å². The fraction of sp³-hybridized carbons (Fsp3) is 0.440. The molecule has 1 amide bonds. The third-order valence-corrected chi connectivity index (χ3v) is 5.77. The zero-order chi connectivity index (χ0) is 23.9. The van der Waals surface area contributed by atoms with Crippen molar-refractivity contribution in [2.24, 2.45) is 0 Å². The van der Waals surface area contributed by atoms with Crippen molar-refractivity contribution in [1.29, 1.82) is 0 Å². The molecule has 0 aromatic heterocycles. The molecule has 0 fully saturated rings. The van der Waals surface area contributed by atoms with E-state index in [9.17, 15) is 14.7 Å². The third kappa shape index (κ3) is 5.91. The number of fused-ring (bicyclic) bond motifs is 2.